The van der Waals surface area contributed by atoms with E-state index in [4.69, 9.17) is 17.3 Å². The minimum atomic E-state index is 0.178. The van der Waals surface area contributed by atoms with Crippen molar-refractivity contribution in [1.29, 1.82) is 0 Å². The second kappa shape index (κ2) is 6.15. The molecule has 2 rings (SSSR count). The highest BCUT2D eigenvalue weighted by Gasteiger charge is 2.23. The Morgan fingerprint density at radius 3 is 2.68 bits per heavy atom. The first-order valence-corrected chi connectivity index (χ1v) is 7.64. The topological polar surface area (TPSA) is 29.3 Å². The van der Waals surface area contributed by atoms with Crippen LogP contribution in [0.25, 0.3) is 0 Å². The Kier molecular flexibility index (Phi) is 4.75. The van der Waals surface area contributed by atoms with Crippen molar-refractivity contribution in [1.82, 2.24) is 0 Å². The molecule has 1 saturated heterocycles. The minimum Gasteiger partial charge on any atom is -0.370 e. The average Bonchev–Trinajstić information content (AvgIpc) is 2.32. The quantitative estimate of drug-likeness (QED) is 0.914. The van der Waals surface area contributed by atoms with E-state index in [1.165, 1.54) is 17.7 Å². The van der Waals surface area contributed by atoms with Gasteiger partial charge in [-0.3, -0.25) is 0 Å². The van der Waals surface area contributed by atoms with E-state index in [0.29, 0.717) is 0 Å². The van der Waals surface area contributed by atoms with E-state index in [0.717, 1.165) is 36.4 Å². The average molecular weight is 281 g/mol. The Hall–Kier alpha value is -0.730. The summed E-state index contributed by atoms with van der Waals surface area (Å²) in [5.74, 6) is 1.54. The normalized spacial score (nSPS) is 25.4. The van der Waals surface area contributed by atoms with Crippen LogP contribution < -0.4 is 10.6 Å². The summed E-state index contributed by atoms with van der Waals surface area (Å²) in [5, 5.41) is 0.861. The van der Waals surface area contributed by atoms with E-state index in [1.54, 1.807) is 0 Å². The lowest BCUT2D eigenvalue weighted by Crippen LogP contribution is -2.38. The Bertz CT molecular complexity index is 431. The molecule has 106 valence electrons. The van der Waals surface area contributed by atoms with Gasteiger partial charge in [-0.25, -0.2) is 0 Å². The fraction of sp³-hybridized carbons (Fsp3) is 0.625. The van der Waals surface area contributed by atoms with Crippen LogP contribution in [0, 0.1) is 11.8 Å². The van der Waals surface area contributed by atoms with Gasteiger partial charge in [0.25, 0.3) is 0 Å². The van der Waals surface area contributed by atoms with Gasteiger partial charge < -0.3 is 10.6 Å². The molecule has 0 bridgehead atoms. The fourth-order valence-corrected chi connectivity index (χ4v) is 3.11. The van der Waals surface area contributed by atoms with Crippen molar-refractivity contribution in [2.45, 2.75) is 39.7 Å². The van der Waals surface area contributed by atoms with Crippen LogP contribution in [0.1, 0.15) is 32.8 Å². The molecule has 1 aromatic carbocycles. The fourth-order valence-electron chi connectivity index (χ4n) is 2.79. The van der Waals surface area contributed by atoms with Crippen LogP contribution in [0.2, 0.25) is 5.02 Å². The molecule has 1 heterocycles. The van der Waals surface area contributed by atoms with Crippen molar-refractivity contribution in [2.24, 2.45) is 17.6 Å². The first-order valence-electron chi connectivity index (χ1n) is 7.26. The zero-order valence-electron chi connectivity index (χ0n) is 12.2. The Morgan fingerprint density at radius 1 is 1.37 bits per heavy atom. The van der Waals surface area contributed by atoms with Crippen LogP contribution in [0.15, 0.2) is 18.2 Å². The molecule has 0 spiro atoms. The number of nitrogens with zero attached hydrogens (tertiary/aromatic N) is 1. The standard InChI is InChI=1S/C16H25ClN2/c1-11-6-7-19(10-12(11)2)16-5-4-14(8-13(3)18)9-15(16)17/h4-5,9,11-13H,6-8,10,18H2,1-3H3. The molecule has 1 aromatic rings. The summed E-state index contributed by atoms with van der Waals surface area (Å²) in [6, 6.07) is 6.57. The highest BCUT2D eigenvalue weighted by Crippen LogP contribution is 2.32. The van der Waals surface area contributed by atoms with Gasteiger partial charge in [0.2, 0.25) is 0 Å². The highest BCUT2D eigenvalue weighted by molar-refractivity contribution is 6.33. The van der Waals surface area contributed by atoms with Crippen molar-refractivity contribution >= 4 is 17.3 Å². The molecule has 3 heteroatoms. The molecule has 1 aliphatic rings. The van der Waals surface area contributed by atoms with E-state index < -0.39 is 0 Å². The minimum absolute atomic E-state index is 0.178. The van der Waals surface area contributed by atoms with Gasteiger partial charge in [0.1, 0.15) is 0 Å². The first-order chi connectivity index (χ1) is 8.97. The molecule has 3 unspecified atom stereocenters. The summed E-state index contributed by atoms with van der Waals surface area (Å²) >= 11 is 6.45. The van der Waals surface area contributed by atoms with Crippen LogP contribution in [0.5, 0.6) is 0 Å². The van der Waals surface area contributed by atoms with Crippen LogP contribution in [-0.2, 0) is 6.42 Å². The lowest BCUT2D eigenvalue weighted by molar-refractivity contribution is 0.324. The summed E-state index contributed by atoms with van der Waals surface area (Å²) in [6.45, 7) is 8.91. The largest absolute Gasteiger partial charge is 0.370 e. The number of halogens is 1. The van der Waals surface area contributed by atoms with Crippen molar-refractivity contribution < 1.29 is 0 Å². The lowest BCUT2D eigenvalue weighted by atomic mass is 9.88. The van der Waals surface area contributed by atoms with Gasteiger partial charge in [-0.2, -0.15) is 0 Å². The number of benzene rings is 1. The Morgan fingerprint density at radius 2 is 2.11 bits per heavy atom. The number of hydrogen-bond donors (Lipinski definition) is 1. The molecule has 2 nitrogen and oxygen atoms in total. The van der Waals surface area contributed by atoms with Gasteiger partial charge in [0.05, 0.1) is 10.7 Å². The monoisotopic (exact) mass is 280 g/mol. The molecule has 3 atom stereocenters. The van der Waals surface area contributed by atoms with Gasteiger partial charge in [-0.15, -0.1) is 0 Å². The third-order valence-electron chi connectivity index (χ3n) is 4.24. The zero-order valence-corrected chi connectivity index (χ0v) is 13.0. The summed E-state index contributed by atoms with van der Waals surface area (Å²) in [7, 11) is 0. The van der Waals surface area contributed by atoms with E-state index in [1.807, 2.05) is 6.92 Å². The van der Waals surface area contributed by atoms with Crippen molar-refractivity contribution in [3.8, 4) is 0 Å². The lowest BCUT2D eigenvalue weighted by Gasteiger charge is -2.37. The van der Waals surface area contributed by atoms with E-state index in [-0.39, 0.29) is 6.04 Å². The van der Waals surface area contributed by atoms with Gasteiger partial charge >= 0.3 is 0 Å². The SMILES string of the molecule is CC(N)Cc1ccc(N2CCC(C)C(C)C2)c(Cl)c1. The van der Waals surface area contributed by atoms with E-state index >= 15 is 0 Å². The highest BCUT2D eigenvalue weighted by atomic mass is 35.5. The van der Waals surface area contributed by atoms with E-state index in [9.17, 15) is 0 Å². The van der Waals surface area contributed by atoms with Crippen molar-refractivity contribution in [2.75, 3.05) is 18.0 Å². The van der Waals surface area contributed by atoms with Crippen molar-refractivity contribution in [3.05, 3.63) is 28.8 Å². The molecule has 1 aliphatic heterocycles. The second-order valence-corrected chi connectivity index (χ2v) is 6.56. The van der Waals surface area contributed by atoms with Crippen LogP contribution in [-0.4, -0.2) is 19.1 Å². The summed E-state index contributed by atoms with van der Waals surface area (Å²) in [6.07, 6.45) is 2.13. The number of piperidine rings is 1. The molecular formula is C16H25ClN2. The number of anilines is 1. The Balaban J connectivity index is 2.12. The van der Waals surface area contributed by atoms with E-state index in [2.05, 4.69) is 36.9 Å². The zero-order chi connectivity index (χ0) is 14.0. The smallest absolute Gasteiger partial charge is 0.0642 e. The van der Waals surface area contributed by atoms with Crippen LogP contribution in [0.3, 0.4) is 0 Å². The molecule has 19 heavy (non-hydrogen) atoms. The first kappa shape index (κ1) is 14.7. The molecule has 2 N–H and O–H groups in total. The molecule has 0 radical (unpaired) electrons. The number of rotatable bonds is 3. The molecule has 0 aromatic heterocycles. The van der Waals surface area contributed by atoms with Crippen LogP contribution >= 0.6 is 11.6 Å². The number of hydrogen-bond acceptors (Lipinski definition) is 2. The predicted octanol–water partition coefficient (Wildman–Crippen LogP) is 3.71. The molecular weight excluding hydrogens is 256 g/mol. The molecule has 1 fully saturated rings. The van der Waals surface area contributed by atoms with Gasteiger partial charge in [-0.05, 0) is 49.3 Å². The summed E-state index contributed by atoms with van der Waals surface area (Å²) in [4.78, 5) is 2.42. The van der Waals surface area contributed by atoms with Crippen LogP contribution in [0.4, 0.5) is 5.69 Å². The number of nitrogens with two attached hydrogens (primary N) is 1. The third kappa shape index (κ3) is 3.64. The van der Waals surface area contributed by atoms with Gasteiger partial charge in [-0.1, -0.05) is 31.5 Å². The van der Waals surface area contributed by atoms with Crippen molar-refractivity contribution in [3.63, 3.8) is 0 Å². The molecule has 0 saturated carbocycles. The molecule has 0 amide bonds. The Labute approximate surface area is 121 Å². The maximum absolute atomic E-state index is 6.45. The maximum Gasteiger partial charge on any atom is 0.0642 e. The van der Waals surface area contributed by atoms with Gasteiger partial charge in [0, 0.05) is 19.1 Å². The predicted molar refractivity (Wildman–Crippen MR) is 84.0 cm³/mol. The summed E-state index contributed by atoms with van der Waals surface area (Å²) in [5.41, 5.74) is 8.23. The summed E-state index contributed by atoms with van der Waals surface area (Å²) < 4.78 is 0. The third-order valence-corrected chi connectivity index (χ3v) is 4.55. The van der Waals surface area contributed by atoms with Gasteiger partial charge in [0.15, 0.2) is 0 Å². The molecule has 0 aliphatic carbocycles. The second-order valence-electron chi connectivity index (χ2n) is 6.16. The maximum atomic E-state index is 6.45.